The molecule has 3 nitrogen and oxygen atoms in total. The summed E-state index contributed by atoms with van der Waals surface area (Å²) in [6.45, 7) is 8.86. The van der Waals surface area contributed by atoms with Crippen LogP contribution in [0.25, 0.3) is 0 Å². The zero-order valence-corrected chi connectivity index (χ0v) is 15.0. The van der Waals surface area contributed by atoms with Crippen molar-refractivity contribution in [1.82, 2.24) is 5.32 Å². The van der Waals surface area contributed by atoms with Crippen LogP contribution in [-0.2, 0) is 9.53 Å². The highest BCUT2D eigenvalue weighted by molar-refractivity contribution is 5.85. The summed E-state index contributed by atoms with van der Waals surface area (Å²) in [5.41, 5.74) is 0.940. The SMILES string of the molecule is C[C@H](NCCCCCC(=O)OC(C)(C)C)c1ccccc1.Cl. The zero-order valence-electron chi connectivity index (χ0n) is 14.2. The number of carbonyl (C=O) groups is 1. The van der Waals surface area contributed by atoms with Crippen molar-refractivity contribution in [2.24, 2.45) is 0 Å². The van der Waals surface area contributed by atoms with Gasteiger partial charge in [-0.2, -0.15) is 0 Å². The van der Waals surface area contributed by atoms with Crippen LogP contribution in [0.4, 0.5) is 0 Å². The first-order chi connectivity index (χ1) is 9.88. The average Bonchev–Trinajstić information content (AvgIpc) is 2.41. The Bertz CT molecular complexity index is 415. The topological polar surface area (TPSA) is 38.3 Å². The van der Waals surface area contributed by atoms with Crippen molar-refractivity contribution in [2.45, 2.75) is 65.0 Å². The van der Waals surface area contributed by atoms with E-state index in [-0.39, 0.29) is 24.0 Å². The number of hydrogen-bond donors (Lipinski definition) is 1. The van der Waals surface area contributed by atoms with E-state index >= 15 is 0 Å². The summed E-state index contributed by atoms with van der Waals surface area (Å²) in [5, 5.41) is 3.51. The Morgan fingerprint density at radius 1 is 1.14 bits per heavy atom. The highest BCUT2D eigenvalue weighted by atomic mass is 35.5. The van der Waals surface area contributed by atoms with E-state index in [2.05, 4.69) is 36.5 Å². The van der Waals surface area contributed by atoms with Crippen molar-refractivity contribution >= 4 is 18.4 Å². The number of hydrogen-bond acceptors (Lipinski definition) is 3. The third-order valence-electron chi connectivity index (χ3n) is 3.23. The van der Waals surface area contributed by atoms with Gasteiger partial charge < -0.3 is 10.1 Å². The van der Waals surface area contributed by atoms with Gasteiger partial charge in [-0.25, -0.2) is 0 Å². The van der Waals surface area contributed by atoms with E-state index in [1.807, 2.05) is 26.8 Å². The Balaban J connectivity index is 0.00000441. The molecule has 0 heterocycles. The number of nitrogens with one attached hydrogen (secondary N) is 1. The van der Waals surface area contributed by atoms with Crippen LogP contribution < -0.4 is 5.32 Å². The second-order valence-corrected chi connectivity index (χ2v) is 6.48. The van der Waals surface area contributed by atoms with E-state index in [0.717, 1.165) is 25.8 Å². The van der Waals surface area contributed by atoms with E-state index in [0.29, 0.717) is 12.5 Å². The molecule has 1 atom stereocenters. The molecule has 0 aromatic heterocycles. The van der Waals surface area contributed by atoms with Gasteiger partial charge in [0, 0.05) is 12.5 Å². The van der Waals surface area contributed by atoms with Crippen LogP contribution in [0.1, 0.15) is 65.0 Å². The molecule has 0 unspecified atom stereocenters. The molecule has 0 aliphatic heterocycles. The molecule has 0 aliphatic carbocycles. The number of carbonyl (C=O) groups excluding carboxylic acids is 1. The first-order valence-corrected chi connectivity index (χ1v) is 7.88. The summed E-state index contributed by atoms with van der Waals surface area (Å²) in [4.78, 5) is 11.5. The number of halogens is 1. The van der Waals surface area contributed by atoms with E-state index in [4.69, 9.17) is 4.74 Å². The van der Waals surface area contributed by atoms with E-state index in [1.165, 1.54) is 5.56 Å². The second-order valence-electron chi connectivity index (χ2n) is 6.48. The molecule has 0 fully saturated rings. The normalized spacial score (nSPS) is 12.4. The number of esters is 1. The molecular formula is C18H30ClNO2. The van der Waals surface area contributed by atoms with Gasteiger partial charge in [-0.3, -0.25) is 4.79 Å². The minimum atomic E-state index is -0.371. The van der Waals surface area contributed by atoms with Crippen molar-refractivity contribution < 1.29 is 9.53 Å². The lowest BCUT2D eigenvalue weighted by Crippen LogP contribution is -2.23. The van der Waals surface area contributed by atoms with Crippen LogP contribution >= 0.6 is 12.4 Å². The lowest BCUT2D eigenvalue weighted by atomic mass is 10.1. The molecule has 1 rings (SSSR count). The Labute approximate surface area is 141 Å². The Hall–Kier alpha value is -1.06. The van der Waals surface area contributed by atoms with Crippen LogP contribution in [-0.4, -0.2) is 18.1 Å². The maximum atomic E-state index is 11.5. The summed E-state index contributed by atoms with van der Waals surface area (Å²) < 4.78 is 5.29. The third kappa shape index (κ3) is 9.80. The minimum absolute atomic E-state index is 0. The molecular weight excluding hydrogens is 298 g/mol. The predicted molar refractivity (Wildman–Crippen MR) is 94.4 cm³/mol. The highest BCUT2D eigenvalue weighted by Crippen LogP contribution is 2.12. The maximum Gasteiger partial charge on any atom is 0.306 e. The fourth-order valence-corrected chi connectivity index (χ4v) is 2.14. The van der Waals surface area contributed by atoms with Gasteiger partial charge >= 0.3 is 5.97 Å². The fourth-order valence-electron chi connectivity index (χ4n) is 2.14. The smallest absolute Gasteiger partial charge is 0.306 e. The van der Waals surface area contributed by atoms with E-state index in [9.17, 15) is 4.79 Å². The van der Waals surface area contributed by atoms with Crippen LogP contribution in [0.2, 0.25) is 0 Å². The predicted octanol–water partition coefficient (Wildman–Crippen LogP) is 4.66. The first kappa shape index (κ1) is 20.9. The Morgan fingerprint density at radius 2 is 1.77 bits per heavy atom. The zero-order chi connectivity index (χ0) is 15.7. The number of rotatable bonds is 8. The van der Waals surface area contributed by atoms with Crippen LogP contribution in [0.3, 0.4) is 0 Å². The lowest BCUT2D eigenvalue weighted by Gasteiger charge is -2.19. The number of unbranched alkanes of at least 4 members (excludes halogenated alkanes) is 2. The van der Waals surface area contributed by atoms with Gasteiger partial charge in [0.1, 0.15) is 5.60 Å². The van der Waals surface area contributed by atoms with Gasteiger partial charge in [0.25, 0.3) is 0 Å². The maximum absolute atomic E-state index is 11.5. The molecule has 0 amide bonds. The first-order valence-electron chi connectivity index (χ1n) is 7.88. The molecule has 1 aromatic rings. The summed E-state index contributed by atoms with van der Waals surface area (Å²) in [6, 6.07) is 10.8. The molecule has 1 N–H and O–H groups in total. The molecule has 0 saturated heterocycles. The second kappa shape index (κ2) is 10.6. The van der Waals surface area contributed by atoms with Crippen molar-refractivity contribution in [3.63, 3.8) is 0 Å². The largest absolute Gasteiger partial charge is 0.460 e. The monoisotopic (exact) mass is 327 g/mol. The standard InChI is InChI=1S/C18H29NO2.ClH/c1-15(16-11-7-5-8-12-16)19-14-10-6-9-13-17(20)21-18(2,3)4;/h5,7-8,11-12,15,19H,6,9-10,13-14H2,1-4H3;1H/t15-;/m0./s1. The molecule has 4 heteroatoms. The van der Waals surface area contributed by atoms with E-state index in [1.54, 1.807) is 0 Å². The van der Waals surface area contributed by atoms with Gasteiger partial charge in [-0.1, -0.05) is 36.8 Å². The van der Waals surface area contributed by atoms with Crippen molar-refractivity contribution in [3.05, 3.63) is 35.9 Å². The van der Waals surface area contributed by atoms with Crippen LogP contribution in [0, 0.1) is 0 Å². The third-order valence-corrected chi connectivity index (χ3v) is 3.23. The van der Waals surface area contributed by atoms with Gasteiger partial charge in [0.05, 0.1) is 0 Å². The average molecular weight is 328 g/mol. The Kier molecular flexibility index (Phi) is 10.1. The van der Waals surface area contributed by atoms with Gasteiger partial charge in [-0.05, 0) is 52.6 Å². The quantitative estimate of drug-likeness (QED) is 0.557. The summed E-state index contributed by atoms with van der Waals surface area (Å²) in [6.07, 6.45) is 3.55. The minimum Gasteiger partial charge on any atom is -0.460 e. The van der Waals surface area contributed by atoms with E-state index < -0.39 is 0 Å². The van der Waals surface area contributed by atoms with Gasteiger partial charge in [0.2, 0.25) is 0 Å². The molecule has 1 aromatic carbocycles. The molecule has 0 aliphatic rings. The molecule has 0 spiro atoms. The van der Waals surface area contributed by atoms with Crippen molar-refractivity contribution in [1.29, 1.82) is 0 Å². The summed E-state index contributed by atoms with van der Waals surface area (Å²) >= 11 is 0. The highest BCUT2D eigenvalue weighted by Gasteiger charge is 2.15. The molecule has 22 heavy (non-hydrogen) atoms. The van der Waals surface area contributed by atoms with Crippen LogP contribution in [0.5, 0.6) is 0 Å². The summed E-state index contributed by atoms with van der Waals surface area (Å²) in [7, 11) is 0. The molecule has 0 radical (unpaired) electrons. The fraction of sp³-hybridized carbons (Fsp3) is 0.611. The lowest BCUT2D eigenvalue weighted by molar-refractivity contribution is -0.154. The number of benzene rings is 1. The van der Waals surface area contributed by atoms with Crippen molar-refractivity contribution in [3.8, 4) is 0 Å². The number of ether oxygens (including phenoxy) is 1. The van der Waals surface area contributed by atoms with Gasteiger partial charge in [0.15, 0.2) is 0 Å². The van der Waals surface area contributed by atoms with Crippen molar-refractivity contribution in [2.75, 3.05) is 6.54 Å². The van der Waals surface area contributed by atoms with Crippen LogP contribution in [0.15, 0.2) is 30.3 Å². The molecule has 0 bridgehead atoms. The molecule has 0 saturated carbocycles. The Morgan fingerprint density at radius 3 is 2.36 bits per heavy atom. The van der Waals surface area contributed by atoms with Gasteiger partial charge in [-0.15, -0.1) is 12.4 Å². The molecule has 126 valence electrons. The summed E-state index contributed by atoms with van der Waals surface area (Å²) in [5.74, 6) is -0.0897.